The van der Waals surface area contributed by atoms with Gasteiger partial charge in [-0.2, -0.15) is 0 Å². The van der Waals surface area contributed by atoms with Gasteiger partial charge in [0.15, 0.2) is 0 Å². The first-order valence-electron chi connectivity index (χ1n) is 9.56. The Morgan fingerprint density at radius 3 is 2.21 bits per heavy atom. The van der Waals surface area contributed by atoms with Gasteiger partial charge < -0.3 is 16.2 Å². The lowest BCUT2D eigenvalue weighted by molar-refractivity contribution is -0.121. The number of carbonyl (C=O) groups is 1. The van der Waals surface area contributed by atoms with Gasteiger partial charge in [0, 0.05) is 16.3 Å². The van der Waals surface area contributed by atoms with Crippen LogP contribution in [0.25, 0.3) is 11.1 Å². The Kier molecular flexibility index (Phi) is 7.09. The largest absolute Gasteiger partial charge is 0.394 e. The number of carbonyl (C=O) groups excluding carboxylic acids is 1. The predicted molar refractivity (Wildman–Crippen MR) is 121 cm³/mol. The number of nitrogens with one attached hydrogen (secondary N) is 1. The zero-order chi connectivity index (χ0) is 20.7. The normalized spacial score (nSPS) is 12.9. The first-order chi connectivity index (χ1) is 14.0. The second-order valence-electron chi connectivity index (χ2n) is 7.22. The molecule has 5 heteroatoms. The molecule has 3 rings (SSSR count). The molecule has 0 bridgehead atoms. The van der Waals surface area contributed by atoms with Gasteiger partial charge in [0.2, 0.25) is 5.91 Å². The summed E-state index contributed by atoms with van der Waals surface area (Å²) in [4.78, 5) is 13.1. The van der Waals surface area contributed by atoms with E-state index in [1.54, 1.807) is 11.8 Å². The fourth-order valence-corrected chi connectivity index (χ4v) is 3.66. The van der Waals surface area contributed by atoms with Gasteiger partial charge in [-0.15, -0.1) is 11.8 Å². The fourth-order valence-electron chi connectivity index (χ4n) is 2.76. The number of thioether (sulfide) groups is 1. The van der Waals surface area contributed by atoms with E-state index >= 15 is 0 Å². The molecule has 0 aliphatic rings. The average molecular weight is 407 g/mol. The van der Waals surface area contributed by atoms with Crippen LogP contribution in [0.3, 0.4) is 0 Å². The van der Waals surface area contributed by atoms with Crippen LogP contribution in [0.5, 0.6) is 0 Å². The van der Waals surface area contributed by atoms with Crippen molar-refractivity contribution in [2.45, 2.75) is 23.8 Å². The fraction of sp³-hybridized carbons (Fsp3) is 0.208. The predicted octanol–water partition coefficient (Wildman–Crippen LogP) is 4.34. The van der Waals surface area contributed by atoms with Crippen molar-refractivity contribution >= 4 is 23.4 Å². The van der Waals surface area contributed by atoms with Gasteiger partial charge in [-0.3, -0.25) is 4.79 Å². The average Bonchev–Trinajstić information content (AvgIpc) is 2.76. The number of nitrogens with two attached hydrogens (primary N) is 1. The van der Waals surface area contributed by atoms with Gasteiger partial charge in [0.25, 0.3) is 0 Å². The number of amides is 1. The third-order valence-electron chi connectivity index (χ3n) is 4.68. The van der Waals surface area contributed by atoms with E-state index in [0.29, 0.717) is 5.69 Å². The molecule has 4 N–H and O–H groups in total. The molecule has 4 nitrogen and oxygen atoms in total. The monoisotopic (exact) mass is 406 g/mol. The topological polar surface area (TPSA) is 75.3 Å². The molecule has 150 valence electrons. The van der Waals surface area contributed by atoms with Gasteiger partial charge in [-0.25, -0.2) is 0 Å². The Hall–Kier alpha value is -2.60. The lowest BCUT2D eigenvalue weighted by Crippen LogP contribution is -2.51. The van der Waals surface area contributed by atoms with E-state index < -0.39 is 18.1 Å². The van der Waals surface area contributed by atoms with E-state index in [2.05, 4.69) is 53.8 Å². The molecule has 3 aromatic carbocycles. The Morgan fingerprint density at radius 2 is 1.59 bits per heavy atom. The second kappa shape index (κ2) is 9.74. The number of hydrogen-bond acceptors (Lipinski definition) is 4. The van der Waals surface area contributed by atoms with E-state index in [0.717, 1.165) is 17.1 Å². The molecule has 0 radical (unpaired) electrons. The summed E-state index contributed by atoms with van der Waals surface area (Å²) in [6.07, 6.45) is 0.986. The van der Waals surface area contributed by atoms with Crippen molar-refractivity contribution in [2.75, 3.05) is 17.7 Å². The van der Waals surface area contributed by atoms with E-state index in [-0.39, 0.29) is 0 Å². The molecule has 1 atom stereocenters. The highest BCUT2D eigenvalue weighted by Gasteiger charge is 2.27. The number of aliphatic hydroxyl groups is 1. The third-order valence-corrected chi connectivity index (χ3v) is 5.69. The minimum absolute atomic E-state index is 0.403. The van der Waals surface area contributed by atoms with Crippen LogP contribution in [0.1, 0.15) is 12.5 Å². The van der Waals surface area contributed by atoms with Crippen molar-refractivity contribution in [2.24, 2.45) is 5.73 Å². The lowest BCUT2D eigenvalue weighted by Gasteiger charge is -2.20. The van der Waals surface area contributed by atoms with Crippen molar-refractivity contribution in [3.8, 4) is 11.1 Å². The van der Waals surface area contributed by atoms with Gasteiger partial charge in [0.1, 0.15) is 5.54 Å². The van der Waals surface area contributed by atoms with Crippen LogP contribution in [0.4, 0.5) is 5.69 Å². The molecule has 29 heavy (non-hydrogen) atoms. The molecular weight excluding hydrogens is 380 g/mol. The molecule has 0 aliphatic carbocycles. The highest BCUT2D eigenvalue weighted by atomic mass is 32.2. The van der Waals surface area contributed by atoms with E-state index in [1.807, 2.05) is 30.3 Å². The first-order valence-corrected chi connectivity index (χ1v) is 10.5. The lowest BCUT2D eigenvalue weighted by atomic mass is 10.0. The summed E-state index contributed by atoms with van der Waals surface area (Å²) >= 11 is 1.78. The van der Waals surface area contributed by atoms with Crippen molar-refractivity contribution in [1.29, 1.82) is 0 Å². The molecule has 0 unspecified atom stereocenters. The van der Waals surface area contributed by atoms with E-state index in [9.17, 15) is 4.79 Å². The molecule has 0 saturated heterocycles. The van der Waals surface area contributed by atoms with Crippen molar-refractivity contribution in [3.05, 3.63) is 84.4 Å². The van der Waals surface area contributed by atoms with E-state index in [4.69, 9.17) is 10.8 Å². The molecule has 3 aromatic rings. The van der Waals surface area contributed by atoms with Crippen molar-refractivity contribution < 1.29 is 9.90 Å². The summed E-state index contributed by atoms with van der Waals surface area (Å²) in [6.45, 7) is 1.10. The Balaban J connectivity index is 1.49. The molecule has 0 heterocycles. The van der Waals surface area contributed by atoms with Crippen LogP contribution in [0, 0.1) is 0 Å². The summed E-state index contributed by atoms with van der Waals surface area (Å²) in [5.41, 5.74) is 8.89. The minimum Gasteiger partial charge on any atom is -0.394 e. The minimum atomic E-state index is -1.29. The van der Waals surface area contributed by atoms with Gasteiger partial charge in [-0.05, 0) is 54.3 Å². The smallest absolute Gasteiger partial charge is 0.246 e. The maximum atomic E-state index is 12.0. The molecular formula is C24H26N2O2S. The molecule has 0 spiro atoms. The number of hydrogen-bond donors (Lipinski definition) is 3. The Bertz CT molecular complexity index is 923. The van der Waals surface area contributed by atoms with Crippen LogP contribution in [0.2, 0.25) is 0 Å². The number of aliphatic hydroxyl groups excluding tert-OH is 1. The maximum absolute atomic E-state index is 12.0. The SMILES string of the molecule is C[C@](N)(CO)C(=O)Nc1ccc(SCCc2ccc(-c3ccccc3)cc2)cc1. The standard InChI is InChI=1S/C24H26N2O2S/c1-24(25,17-27)23(28)26-21-11-13-22(14-12-21)29-16-15-18-7-9-20(10-8-18)19-5-3-2-4-6-19/h2-14,27H,15-17,25H2,1H3,(H,26,28)/t24-/m0/s1. The van der Waals surface area contributed by atoms with Crippen LogP contribution >= 0.6 is 11.8 Å². The summed E-state index contributed by atoms with van der Waals surface area (Å²) in [7, 11) is 0. The second-order valence-corrected chi connectivity index (χ2v) is 8.38. The van der Waals surface area contributed by atoms with Crippen LogP contribution < -0.4 is 11.1 Å². The van der Waals surface area contributed by atoms with Crippen LogP contribution in [0.15, 0.2) is 83.8 Å². The quantitative estimate of drug-likeness (QED) is 0.487. The summed E-state index contributed by atoms with van der Waals surface area (Å²) in [6, 6.07) is 26.7. The Labute approximate surface area is 176 Å². The maximum Gasteiger partial charge on any atom is 0.246 e. The van der Waals surface area contributed by atoms with Crippen molar-refractivity contribution in [1.82, 2.24) is 0 Å². The number of anilines is 1. The Morgan fingerprint density at radius 1 is 0.966 bits per heavy atom. The molecule has 0 aromatic heterocycles. The summed E-state index contributed by atoms with van der Waals surface area (Å²) < 4.78 is 0. The van der Waals surface area contributed by atoms with Gasteiger partial charge >= 0.3 is 0 Å². The number of rotatable bonds is 8. The third kappa shape index (κ3) is 5.94. The van der Waals surface area contributed by atoms with Crippen LogP contribution in [-0.2, 0) is 11.2 Å². The molecule has 0 fully saturated rings. The highest BCUT2D eigenvalue weighted by molar-refractivity contribution is 7.99. The summed E-state index contributed by atoms with van der Waals surface area (Å²) in [5, 5.41) is 11.9. The van der Waals surface area contributed by atoms with E-state index in [1.165, 1.54) is 23.6 Å². The molecule has 1 amide bonds. The highest BCUT2D eigenvalue weighted by Crippen LogP contribution is 2.23. The number of aryl methyl sites for hydroxylation is 1. The van der Waals surface area contributed by atoms with Gasteiger partial charge in [-0.1, -0.05) is 54.6 Å². The summed E-state index contributed by atoms with van der Waals surface area (Å²) in [5.74, 6) is 0.571. The molecule has 0 aliphatic heterocycles. The van der Waals surface area contributed by atoms with Gasteiger partial charge in [0.05, 0.1) is 6.61 Å². The van der Waals surface area contributed by atoms with Crippen molar-refractivity contribution in [3.63, 3.8) is 0 Å². The zero-order valence-electron chi connectivity index (χ0n) is 16.5. The molecule has 0 saturated carbocycles. The number of benzene rings is 3. The zero-order valence-corrected chi connectivity index (χ0v) is 17.3. The van der Waals surface area contributed by atoms with Crippen LogP contribution in [-0.4, -0.2) is 28.9 Å². The first kappa shape index (κ1) is 21.1.